The summed E-state index contributed by atoms with van der Waals surface area (Å²) in [7, 11) is 1.84. The number of hydrogen-bond acceptors (Lipinski definition) is 3. The fraction of sp³-hybridized carbons (Fsp3) is 0.538. The normalized spacial score (nSPS) is 10.8. The van der Waals surface area contributed by atoms with Crippen LogP contribution < -0.4 is 14.8 Å². The molecule has 0 radical (unpaired) electrons. The van der Waals surface area contributed by atoms with Crippen molar-refractivity contribution in [3.8, 4) is 11.5 Å². The molecule has 3 nitrogen and oxygen atoms in total. The Hall–Kier alpha value is -1.09. The Morgan fingerprint density at radius 1 is 1.00 bits per heavy atom. The molecule has 1 rings (SSSR count). The van der Waals surface area contributed by atoms with E-state index < -0.39 is 0 Å². The smallest absolute Gasteiger partial charge is 0.146 e. The first-order valence-corrected chi connectivity index (χ1v) is 6.16. The monoisotopic (exact) mass is 257 g/mol. The quantitative estimate of drug-likeness (QED) is 0.866. The summed E-state index contributed by atoms with van der Waals surface area (Å²) in [5.74, 6) is 1.40. The molecule has 1 aromatic carbocycles. The molecular formula is C13H20ClNO2. The van der Waals surface area contributed by atoms with Crippen LogP contribution >= 0.6 is 11.6 Å². The zero-order chi connectivity index (χ0) is 13.0. The average molecular weight is 258 g/mol. The Morgan fingerprint density at radius 3 is 2.00 bits per heavy atom. The standard InChI is InChI=1S/C13H20ClNO2/c1-8(2)16-12-7-13(17-9(3)4)11(15-5)6-10(12)14/h6-9,15H,1-5H3. The number of nitrogens with one attached hydrogen (secondary N) is 1. The third-order valence-electron chi connectivity index (χ3n) is 2.03. The Kier molecular flexibility index (Phi) is 4.94. The lowest BCUT2D eigenvalue weighted by Gasteiger charge is -2.18. The Morgan fingerprint density at radius 2 is 1.53 bits per heavy atom. The van der Waals surface area contributed by atoms with Crippen LogP contribution in [0.2, 0.25) is 5.02 Å². The predicted molar refractivity (Wildman–Crippen MR) is 72.5 cm³/mol. The number of halogens is 1. The number of rotatable bonds is 5. The lowest BCUT2D eigenvalue weighted by atomic mass is 10.2. The second-order valence-electron chi connectivity index (χ2n) is 4.36. The molecule has 0 atom stereocenters. The third kappa shape index (κ3) is 4.00. The molecule has 96 valence electrons. The van der Waals surface area contributed by atoms with Crippen molar-refractivity contribution in [2.45, 2.75) is 39.9 Å². The highest BCUT2D eigenvalue weighted by Gasteiger charge is 2.12. The lowest BCUT2D eigenvalue weighted by Crippen LogP contribution is -2.10. The average Bonchev–Trinajstić information content (AvgIpc) is 2.21. The molecule has 0 amide bonds. The van der Waals surface area contributed by atoms with Crippen LogP contribution in [0.25, 0.3) is 0 Å². The fourth-order valence-corrected chi connectivity index (χ4v) is 1.63. The molecule has 0 unspecified atom stereocenters. The van der Waals surface area contributed by atoms with Crippen molar-refractivity contribution in [2.24, 2.45) is 0 Å². The SMILES string of the molecule is CNc1cc(Cl)c(OC(C)C)cc1OC(C)C. The summed E-state index contributed by atoms with van der Waals surface area (Å²) < 4.78 is 11.3. The summed E-state index contributed by atoms with van der Waals surface area (Å²) in [5, 5.41) is 3.64. The molecule has 0 spiro atoms. The molecule has 0 saturated heterocycles. The summed E-state index contributed by atoms with van der Waals surface area (Å²) in [6, 6.07) is 3.64. The molecule has 0 saturated carbocycles. The van der Waals surface area contributed by atoms with E-state index in [4.69, 9.17) is 21.1 Å². The van der Waals surface area contributed by atoms with Crippen LogP contribution in [0.4, 0.5) is 5.69 Å². The predicted octanol–water partition coefficient (Wildman–Crippen LogP) is 3.96. The van der Waals surface area contributed by atoms with Crippen LogP contribution in [0.15, 0.2) is 12.1 Å². The van der Waals surface area contributed by atoms with Gasteiger partial charge in [0.2, 0.25) is 0 Å². The van der Waals surface area contributed by atoms with Gasteiger partial charge < -0.3 is 14.8 Å². The number of benzene rings is 1. The van der Waals surface area contributed by atoms with Crippen molar-refractivity contribution >= 4 is 17.3 Å². The van der Waals surface area contributed by atoms with Crippen molar-refractivity contribution in [1.82, 2.24) is 0 Å². The van der Waals surface area contributed by atoms with E-state index in [0.717, 1.165) is 11.4 Å². The topological polar surface area (TPSA) is 30.5 Å². The third-order valence-corrected chi connectivity index (χ3v) is 2.32. The van der Waals surface area contributed by atoms with Crippen molar-refractivity contribution in [1.29, 1.82) is 0 Å². The highest BCUT2D eigenvalue weighted by molar-refractivity contribution is 6.32. The van der Waals surface area contributed by atoms with Gasteiger partial charge in [-0.25, -0.2) is 0 Å². The first-order valence-electron chi connectivity index (χ1n) is 5.78. The Bertz CT molecular complexity index is 378. The zero-order valence-electron chi connectivity index (χ0n) is 11.0. The van der Waals surface area contributed by atoms with Gasteiger partial charge in [-0.2, -0.15) is 0 Å². The van der Waals surface area contributed by atoms with Crippen LogP contribution in [0.1, 0.15) is 27.7 Å². The minimum atomic E-state index is 0.0832. The molecule has 0 heterocycles. The van der Waals surface area contributed by atoms with E-state index in [-0.39, 0.29) is 12.2 Å². The van der Waals surface area contributed by atoms with E-state index in [1.807, 2.05) is 46.9 Å². The molecular weight excluding hydrogens is 238 g/mol. The largest absolute Gasteiger partial charge is 0.489 e. The number of ether oxygens (including phenoxy) is 2. The van der Waals surface area contributed by atoms with Gasteiger partial charge in [0, 0.05) is 13.1 Å². The second-order valence-corrected chi connectivity index (χ2v) is 4.77. The van der Waals surface area contributed by atoms with E-state index in [9.17, 15) is 0 Å². The molecule has 4 heteroatoms. The van der Waals surface area contributed by atoms with Crippen molar-refractivity contribution < 1.29 is 9.47 Å². The van der Waals surface area contributed by atoms with E-state index in [2.05, 4.69) is 5.32 Å². The van der Waals surface area contributed by atoms with Crippen molar-refractivity contribution in [3.05, 3.63) is 17.2 Å². The highest BCUT2D eigenvalue weighted by Crippen LogP contribution is 2.36. The van der Waals surface area contributed by atoms with Gasteiger partial charge in [-0.1, -0.05) is 11.6 Å². The maximum Gasteiger partial charge on any atom is 0.146 e. The number of hydrogen-bond donors (Lipinski definition) is 1. The van der Waals surface area contributed by atoms with Gasteiger partial charge in [0.1, 0.15) is 11.5 Å². The molecule has 0 aliphatic rings. The Balaban J connectivity index is 3.08. The summed E-state index contributed by atoms with van der Waals surface area (Å²) in [6.45, 7) is 7.89. The van der Waals surface area contributed by atoms with Crippen LogP contribution in [-0.2, 0) is 0 Å². The molecule has 0 aliphatic carbocycles. The van der Waals surface area contributed by atoms with Gasteiger partial charge in [-0.05, 0) is 33.8 Å². The lowest BCUT2D eigenvalue weighted by molar-refractivity contribution is 0.230. The maximum absolute atomic E-state index is 6.14. The van der Waals surface area contributed by atoms with Gasteiger partial charge in [0.05, 0.1) is 22.9 Å². The molecule has 0 bridgehead atoms. The first-order chi connectivity index (χ1) is 7.93. The van der Waals surface area contributed by atoms with Gasteiger partial charge in [0.15, 0.2) is 0 Å². The minimum Gasteiger partial charge on any atom is -0.489 e. The minimum absolute atomic E-state index is 0.0832. The van der Waals surface area contributed by atoms with Crippen LogP contribution in [0.3, 0.4) is 0 Å². The van der Waals surface area contributed by atoms with Crippen LogP contribution in [0, 0.1) is 0 Å². The molecule has 17 heavy (non-hydrogen) atoms. The van der Waals surface area contributed by atoms with Crippen molar-refractivity contribution in [3.63, 3.8) is 0 Å². The fourth-order valence-electron chi connectivity index (χ4n) is 1.43. The second kappa shape index (κ2) is 6.01. The summed E-state index contributed by atoms with van der Waals surface area (Å²) in [4.78, 5) is 0. The van der Waals surface area contributed by atoms with E-state index in [1.165, 1.54) is 0 Å². The first kappa shape index (κ1) is 14.0. The van der Waals surface area contributed by atoms with E-state index >= 15 is 0 Å². The summed E-state index contributed by atoms with van der Waals surface area (Å²) >= 11 is 6.14. The number of anilines is 1. The van der Waals surface area contributed by atoms with Gasteiger partial charge in [-0.3, -0.25) is 0 Å². The van der Waals surface area contributed by atoms with Crippen LogP contribution in [0.5, 0.6) is 11.5 Å². The van der Waals surface area contributed by atoms with Gasteiger partial charge in [0.25, 0.3) is 0 Å². The van der Waals surface area contributed by atoms with E-state index in [1.54, 1.807) is 0 Å². The highest BCUT2D eigenvalue weighted by atomic mass is 35.5. The van der Waals surface area contributed by atoms with E-state index in [0.29, 0.717) is 10.8 Å². The molecule has 1 aromatic rings. The maximum atomic E-state index is 6.14. The summed E-state index contributed by atoms with van der Waals surface area (Å²) in [5.41, 5.74) is 0.861. The summed E-state index contributed by atoms with van der Waals surface area (Å²) in [6.07, 6.45) is 0.190. The van der Waals surface area contributed by atoms with Gasteiger partial charge in [-0.15, -0.1) is 0 Å². The zero-order valence-corrected chi connectivity index (χ0v) is 11.8. The molecule has 0 aromatic heterocycles. The molecule has 0 aliphatic heterocycles. The molecule has 0 fully saturated rings. The molecule has 1 N–H and O–H groups in total. The van der Waals surface area contributed by atoms with Crippen LogP contribution in [-0.4, -0.2) is 19.3 Å². The van der Waals surface area contributed by atoms with Gasteiger partial charge >= 0.3 is 0 Å². The Labute approximate surface area is 108 Å². The van der Waals surface area contributed by atoms with Crippen molar-refractivity contribution in [2.75, 3.05) is 12.4 Å².